The fraction of sp³-hybridized carbons (Fsp3) is 1.00. The average molecular weight is 196 g/mol. The van der Waals surface area contributed by atoms with Gasteiger partial charge in [0.05, 0.1) is 0 Å². The highest BCUT2D eigenvalue weighted by Crippen LogP contribution is 2.28. The molecule has 2 heterocycles. The van der Waals surface area contributed by atoms with Gasteiger partial charge in [0.2, 0.25) is 0 Å². The van der Waals surface area contributed by atoms with Gasteiger partial charge in [-0.05, 0) is 50.2 Å². The first-order valence-corrected chi connectivity index (χ1v) is 6.19. The van der Waals surface area contributed by atoms with Crippen LogP contribution in [0.2, 0.25) is 0 Å². The first-order valence-electron chi connectivity index (χ1n) is 6.19. The van der Waals surface area contributed by atoms with Gasteiger partial charge >= 0.3 is 0 Å². The average Bonchev–Trinajstić information content (AvgIpc) is 2.57. The maximum Gasteiger partial charge on any atom is 0.00251 e. The number of piperidine rings is 1. The lowest BCUT2D eigenvalue weighted by molar-refractivity contribution is 0.299. The SMILES string of the molecule is CC(C)CCN1CC2CCNCC2C1. The van der Waals surface area contributed by atoms with Crippen LogP contribution in [-0.4, -0.2) is 37.6 Å². The molecule has 0 bridgehead atoms. The van der Waals surface area contributed by atoms with Crippen molar-refractivity contribution >= 4 is 0 Å². The van der Waals surface area contributed by atoms with E-state index in [4.69, 9.17) is 0 Å². The molecule has 2 nitrogen and oxygen atoms in total. The van der Waals surface area contributed by atoms with E-state index in [0.29, 0.717) is 0 Å². The highest BCUT2D eigenvalue weighted by Gasteiger charge is 2.33. The Labute approximate surface area is 88.1 Å². The zero-order valence-corrected chi connectivity index (χ0v) is 9.63. The van der Waals surface area contributed by atoms with E-state index in [1.54, 1.807) is 0 Å². The van der Waals surface area contributed by atoms with Crippen LogP contribution in [0.15, 0.2) is 0 Å². The summed E-state index contributed by atoms with van der Waals surface area (Å²) in [6.45, 7) is 11.2. The minimum absolute atomic E-state index is 0.857. The van der Waals surface area contributed by atoms with Crippen LogP contribution in [0.25, 0.3) is 0 Å². The van der Waals surface area contributed by atoms with Crippen LogP contribution < -0.4 is 5.32 Å². The fourth-order valence-electron chi connectivity index (χ4n) is 2.79. The molecule has 2 heteroatoms. The second-order valence-electron chi connectivity index (χ2n) is 5.46. The Morgan fingerprint density at radius 2 is 2.07 bits per heavy atom. The zero-order valence-electron chi connectivity index (χ0n) is 9.63. The van der Waals surface area contributed by atoms with Gasteiger partial charge in [0, 0.05) is 13.1 Å². The second kappa shape index (κ2) is 4.63. The first-order chi connectivity index (χ1) is 6.75. The molecule has 2 unspecified atom stereocenters. The number of hydrogen-bond donors (Lipinski definition) is 1. The Morgan fingerprint density at radius 1 is 1.29 bits per heavy atom. The third-order valence-corrected chi connectivity index (χ3v) is 3.77. The molecular weight excluding hydrogens is 172 g/mol. The van der Waals surface area contributed by atoms with Crippen molar-refractivity contribution in [2.24, 2.45) is 17.8 Å². The summed E-state index contributed by atoms with van der Waals surface area (Å²) in [7, 11) is 0. The summed E-state index contributed by atoms with van der Waals surface area (Å²) < 4.78 is 0. The Balaban J connectivity index is 1.75. The van der Waals surface area contributed by atoms with Crippen molar-refractivity contribution in [3.05, 3.63) is 0 Å². The summed E-state index contributed by atoms with van der Waals surface area (Å²) in [5.41, 5.74) is 0. The maximum atomic E-state index is 3.51. The minimum Gasteiger partial charge on any atom is -0.316 e. The number of likely N-dealkylation sites (tertiary alicyclic amines) is 1. The second-order valence-corrected chi connectivity index (χ2v) is 5.46. The summed E-state index contributed by atoms with van der Waals surface area (Å²) >= 11 is 0. The third-order valence-electron chi connectivity index (χ3n) is 3.77. The van der Waals surface area contributed by atoms with Gasteiger partial charge in [0.1, 0.15) is 0 Å². The number of nitrogens with zero attached hydrogens (tertiary/aromatic N) is 1. The molecule has 0 spiro atoms. The van der Waals surface area contributed by atoms with Crippen molar-refractivity contribution in [3.63, 3.8) is 0 Å². The van der Waals surface area contributed by atoms with E-state index >= 15 is 0 Å². The van der Waals surface area contributed by atoms with Gasteiger partial charge in [-0.15, -0.1) is 0 Å². The normalized spacial score (nSPS) is 33.6. The van der Waals surface area contributed by atoms with E-state index in [0.717, 1.165) is 17.8 Å². The summed E-state index contributed by atoms with van der Waals surface area (Å²) in [5, 5.41) is 3.51. The lowest BCUT2D eigenvalue weighted by Gasteiger charge is -2.24. The smallest absolute Gasteiger partial charge is 0.00251 e. The molecule has 0 amide bonds. The van der Waals surface area contributed by atoms with Crippen LogP contribution in [-0.2, 0) is 0 Å². The van der Waals surface area contributed by atoms with E-state index < -0.39 is 0 Å². The van der Waals surface area contributed by atoms with Gasteiger partial charge in [-0.1, -0.05) is 13.8 Å². The van der Waals surface area contributed by atoms with Crippen molar-refractivity contribution in [2.45, 2.75) is 26.7 Å². The predicted molar refractivity (Wildman–Crippen MR) is 60.4 cm³/mol. The summed E-state index contributed by atoms with van der Waals surface area (Å²) in [4.78, 5) is 2.68. The number of nitrogens with one attached hydrogen (secondary N) is 1. The summed E-state index contributed by atoms with van der Waals surface area (Å²) in [6.07, 6.45) is 2.77. The quantitative estimate of drug-likeness (QED) is 0.737. The fourth-order valence-corrected chi connectivity index (χ4v) is 2.79. The maximum absolute atomic E-state index is 3.51. The molecule has 0 aromatic carbocycles. The van der Waals surface area contributed by atoms with E-state index in [1.165, 1.54) is 45.6 Å². The largest absolute Gasteiger partial charge is 0.316 e. The van der Waals surface area contributed by atoms with Crippen LogP contribution in [0.4, 0.5) is 0 Å². The van der Waals surface area contributed by atoms with E-state index in [2.05, 4.69) is 24.1 Å². The topological polar surface area (TPSA) is 15.3 Å². The molecule has 0 aromatic heterocycles. The Bertz CT molecular complexity index is 165. The third kappa shape index (κ3) is 2.48. The van der Waals surface area contributed by atoms with Gasteiger partial charge in [0.25, 0.3) is 0 Å². The number of rotatable bonds is 3. The van der Waals surface area contributed by atoms with Crippen molar-refractivity contribution in [1.82, 2.24) is 10.2 Å². The Morgan fingerprint density at radius 3 is 2.79 bits per heavy atom. The van der Waals surface area contributed by atoms with Crippen molar-refractivity contribution in [3.8, 4) is 0 Å². The molecular formula is C12H24N2. The highest BCUT2D eigenvalue weighted by molar-refractivity contribution is 4.88. The highest BCUT2D eigenvalue weighted by atomic mass is 15.2. The molecule has 0 saturated carbocycles. The summed E-state index contributed by atoms with van der Waals surface area (Å²) in [5.74, 6) is 2.81. The van der Waals surface area contributed by atoms with Gasteiger partial charge < -0.3 is 10.2 Å². The lowest BCUT2D eigenvalue weighted by atomic mass is 9.90. The molecule has 2 rings (SSSR count). The molecule has 82 valence electrons. The summed E-state index contributed by atoms with van der Waals surface area (Å²) in [6, 6.07) is 0. The molecule has 2 fully saturated rings. The minimum atomic E-state index is 0.857. The van der Waals surface area contributed by atoms with Gasteiger partial charge in [-0.3, -0.25) is 0 Å². The molecule has 0 radical (unpaired) electrons. The Hall–Kier alpha value is -0.0800. The van der Waals surface area contributed by atoms with Gasteiger partial charge in [-0.2, -0.15) is 0 Å². The Kier molecular flexibility index (Phi) is 3.45. The van der Waals surface area contributed by atoms with Crippen LogP contribution in [0.3, 0.4) is 0 Å². The molecule has 0 aliphatic carbocycles. The zero-order chi connectivity index (χ0) is 9.97. The van der Waals surface area contributed by atoms with E-state index in [9.17, 15) is 0 Å². The van der Waals surface area contributed by atoms with E-state index in [1.807, 2.05) is 0 Å². The predicted octanol–water partition coefficient (Wildman–Crippen LogP) is 1.57. The molecule has 2 saturated heterocycles. The lowest BCUT2D eigenvalue weighted by Crippen LogP contribution is -2.35. The standard InChI is InChI=1S/C12H24N2/c1-10(2)4-6-14-8-11-3-5-13-7-12(11)9-14/h10-13H,3-9H2,1-2H3. The molecule has 1 N–H and O–H groups in total. The van der Waals surface area contributed by atoms with Crippen LogP contribution in [0.5, 0.6) is 0 Å². The van der Waals surface area contributed by atoms with Crippen LogP contribution in [0.1, 0.15) is 26.7 Å². The van der Waals surface area contributed by atoms with Crippen molar-refractivity contribution < 1.29 is 0 Å². The van der Waals surface area contributed by atoms with Crippen LogP contribution in [0, 0.1) is 17.8 Å². The monoisotopic (exact) mass is 196 g/mol. The van der Waals surface area contributed by atoms with Crippen molar-refractivity contribution in [2.75, 3.05) is 32.7 Å². The molecule has 2 aliphatic heterocycles. The van der Waals surface area contributed by atoms with Crippen LogP contribution >= 0.6 is 0 Å². The molecule has 2 aliphatic rings. The van der Waals surface area contributed by atoms with Gasteiger partial charge in [0.15, 0.2) is 0 Å². The molecule has 14 heavy (non-hydrogen) atoms. The van der Waals surface area contributed by atoms with Gasteiger partial charge in [-0.25, -0.2) is 0 Å². The number of hydrogen-bond acceptors (Lipinski definition) is 2. The first kappa shape index (κ1) is 10.4. The number of fused-ring (bicyclic) bond motifs is 1. The molecule has 2 atom stereocenters. The van der Waals surface area contributed by atoms with Crippen molar-refractivity contribution in [1.29, 1.82) is 0 Å². The molecule has 0 aromatic rings. The van der Waals surface area contributed by atoms with E-state index in [-0.39, 0.29) is 0 Å².